The van der Waals surface area contributed by atoms with Gasteiger partial charge in [0.2, 0.25) is 0 Å². The Morgan fingerprint density at radius 2 is 1.60 bits per heavy atom. The van der Waals surface area contributed by atoms with E-state index in [1.807, 2.05) is 0 Å². The van der Waals surface area contributed by atoms with Gasteiger partial charge in [0.15, 0.2) is 0 Å². The molecule has 20 heavy (non-hydrogen) atoms. The van der Waals surface area contributed by atoms with E-state index in [2.05, 4.69) is 39.9 Å². The van der Waals surface area contributed by atoms with Gasteiger partial charge in [-0.2, -0.15) is 0 Å². The van der Waals surface area contributed by atoms with Crippen molar-refractivity contribution in [2.24, 2.45) is 29.6 Å². The van der Waals surface area contributed by atoms with Gasteiger partial charge < -0.3 is 5.32 Å². The van der Waals surface area contributed by atoms with Gasteiger partial charge in [-0.3, -0.25) is 0 Å². The zero-order valence-electron chi connectivity index (χ0n) is 14.5. The van der Waals surface area contributed by atoms with Crippen molar-refractivity contribution in [3.63, 3.8) is 0 Å². The van der Waals surface area contributed by atoms with E-state index in [9.17, 15) is 0 Å². The van der Waals surface area contributed by atoms with Crippen LogP contribution in [-0.2, 0) is 0 Å². The maximum Gasteiger partial charge on any atom is 0.00966 e. The van der Waals surface area contributed by atoms with Gasteiger partial charge in [-0.05, 0) is 82.6 Å². The first-order chi connectivity index (χ1) is 9.37. The Bertz CT molecular complexity index is 291. The van der Waals surface area contributed by atoms with Crippen LogP contribution in [0.25, 0.3) is 0 Å². The first-order valence-corrected chi connectivity index (χ1v) is 9.12. The van der Waals surface area contributed by atoms with Crippen LogP contribution < -0.4 is 5.32 Å². The minimum Gasteiger partial charge on any atom is -0.312 e. The maximum atomic E-state index is 3.78. The Labute approximate surface area is 127 Å². The average Bonchev–Trinajstić information content (AvgIpc) is 2.39. The van der Waals surface area contributed by atoms with Gasteiger partial charge >= 0.3 is 0 Å². The summed E-state index contributed by atoms with van der Waals surface area (Å²) in [5.74, 6) is 4.88. The molecule has 118 valence electrons. The predicted octanol–water partition coefficient (Wildman–Crippen LogP) is 5.25. The topological polar surface area (TPSA) is 12.0 Å². The van der Waals surface area contributed by atoms with Gasteiger partial charge in [0, 0.05) is 5.54 Å². The van der Waals surface area contributed by atoms with Crippen molar-refractivity contribution < 1.29 is 0 Å². The molecule has 0 heterocycles. The molecule has 2 saturated carbocycles. The second-order valence-electron chi connectivity index (χ2n) is 8.87. The van der Waals surface area contributed by atoms with Crippen LogP contribution in [0.1, 0.15) is 79.6 Å². The van der Waals surface area contributed by atoms with E-state index in [0.29, 0.717) is 0 Å². The fraction of sp³-hybridized carbons (Fsp3) is 1.00. The van der Waals surface area contributed by atoms with E-state index in [1.54, 1.807) is 0 Å². The first kappa shape index (κ1) is 16.3. The maximum absolute atomic E-state index is 3.78. The van der Waals surface area contributed by atoms with Crippen LogP contribution in [-0.4, -0.2) is 12.1 Å². The molecular weight excluding hydrogens is 242 g/mol. The molecule has 0 aromatic carbocycles. The van der Waals surface area contributed by atoms with Crippen LogP contribution in [0.15, 0.2) is 0 Å². The van der Waals surface area contributed by atoms with Crippen molar-refractivity contribution >= 4 is 0 Å². The summed E-state index contributed by atoms with van der Waals surface area (Å²) >= 11 is 0. The number of nitrogens with one attached hydrogen (secondary N) is 1. The van der Waals surface area contributed by atoms with Crippen molar-refractivity contribution in [1.82, 2.24) is 5.32 Å². The van der Waals surface area contributed by atoms with Crippen molar-refractivity contribution in [3.05, 3.63) is 0 Å². The van der Waals surface area contributed by atoms with Gasteiger partial charge in [0.05, 0.1) is 0 Å². The summed E-state index contributed by atoms with van der Waals surface area (Å²) in [6, 6.07) is 0. The molecule has 0 spiro atoms. The quantitative estimate of drug-likeness (QED) is 0.743. The molecular formula is C19H37N. The lowest BCUT2D eigenvalue weighted by Crippen LogP contribution is -2.43. The van der Waals surface area contributed by atoms with E-state index in [4.69, 9.17) is 0 Å². The third kappa shape index (κ3) is 4.48. The molecule has 1 heteroatoms. The number of hydrogen-bond acceptors (Lipinski definition) is 1. The Hall–Kier alpha value is -0.0400. The van der Waals surface area contributed by atoms with Crippen LogP contribution >= 0.6 is 0 Å². The second kappa shape index (κ2) is 6.81. The lowest BCUT2D eigenvalue weighted by atomic mass is 9.64. The third-order valence-corrected chi connectivity index (χ3v) is 6.11. The van der Waals surface area contributed by atoms with Crippen molar-refractivity contribution in [2.75, 3.05) is 6.54 Å². The van der Waals surface area contributed by atoms with Crippen LogP contribution in [0.4, 0.5) is 0 Å². The van der Waals surface area contributed by atoms with Crippen molar-refractivity contribution in [2.45, 2.75) is 85.1 Å². The summed E-state index contributed by atoms with van der Waals surface area (Å²) in [5, 5.41) is 3.78. The highest BCUT2D eigenvalue weighted by Crippen LogP contribution is 2.44. The van der Waals surface area contributed by atoms with Gasteiger partial charge in [-0.15, -0.1) is 0 Å². The molecule has 0 bridgehead atoms. The van der Waals surface area contributed by atoms with E-state index < -0.39 is 0 Å². The largest absolute Gasteiger partial charge is 0.312 e. The minimum atomic E-state index is 0.274. The van der Waals surface area contributed by atoms with E-state index in [0.717, 1.165) is 29.6 Å². The Kier molecular flexibility index (Phi) is 5.56. The van der Waals surface area contributed by atoms with Crippen LogP contribution in [0.5, 0.6) is 0 Å². The van der Waals surface area contributed by atoms with Crippen LogP contribution in [0, 0.1) is 29.6 Å². The van der Waals surface area contributed by atoms with E-state index >= 15 is 0 Å². The zero-order valence-corrected chi connectivity index (χ0v) is 14.5. The summed E-state index contributed by atoms with van der Waals surface area (Å²) in [4.78, 5) is 0. The molecule has 1 nitrogen and oxygen atoms in total. The number of rotatable bonds is 3. The molecule has 0 aliphatic heterocycles. The van der Waals surface area contributed by atoms with Gasteiger partial charge in [0.25, 0.3) is 0 Å². The fourth-order valence-corrected chi connectivity index (χ4v) is 4.53. The second-order valence-corrected chi connectivity index (χ2v) is 8.87. The van der Waals surface area contributed by atoms with Crippen molar-refractivity contribution in [1.29, 1.82) is 0 Å². The van der Waals surface area contributed by atoms with Crippen molar-refractivity contribution in [3.8, 4) is 0 Å². The molecule has 0 saturated heterocycles. The molecule has 2 fully saturated rings. The lowest BCUT2D eigenvalue weighted by molar-refractivity contribution is 0.0853. The molecule has 2 aliphatic carbocycles. The highest BCUT2D eigenvalue weighted by Gasteiger charge is 2.35. The van der Waals surface area contributed by atoms with Crippen LogP contribution in [0.3, 0.4) is 0 Å². The van der Waals surface area contributed by atoms with E-state index in [1.165, 1.54) is 51.5 Å². The minimum absolute atomic E-state index is 0.274. The molecule has 2 aliphatic rings. The third-order valence-electron chi connectivity index (χ3n) is 6.11. The number of hydrogen-bond donors (Lipinski definition) is 1. The fourth-order valence-electron chi connectivity index (χ4n) is 4.53. The Balaban J connectivity index is 1.92. The normalized spacial score (nSPS) is 39.8. The molecule has 0 aromatic heterocycles. The molecule has 0 aromatic rings. The summed E-state index contributed by atoms with van der Waals surface area (Å²) < 4.78 is 0. The Morgan fingerprint density at radius 1 is 0.900 bits per heavy atom. The molecule has 5 atom stereocenters. The molecule has 5 unspecified atom stereocenters. The molecule has 1 N–H and O–H groups in total. The standard InChI is InChI=1S/C19H37N/c1-14-10-11-16(12-15(14)2)18-9-7-6-8-17(18)13-20-19(3,4)5/h14-18,20H,6-13H2,1-5H3. The SMILES string of the molecule is CC1CCC(C2CCCCC2CNC(C)(C)C)CC1C. The summed E-state index contributed by atoms with van der Waals surface area (Å²) in [7, 11) is 0. The highest BCUT2D eigenvalue weighted by atomic mass is 14.9. The lowest BCUT2D eigenvalue weighted by Gasteiger charge is -2.43. The molecule has 0 radical (unpaired) electrons. The van der Waals surface area contributed by atoms with Gasteiger partial charge in [-0.1, -0.05) is 33.1 Å². The summed E-state index contributed by atoms with van der Waals surface area (Å²) in [6.07, 6.45) is 10.4. The average molecular weight is 280 g/mol. The zero-order chi connectivity index (χ0) is 14.8. The molecule has 2 rings (SSSR count). The molecule has 0 amide bonds. The van der Waals surface area contributed by atoms with Crippen LogP contribution in [0.2, 0.25) is 0 Å². The Morgan fingerprint density at radius 3 is 2.25 bits per heavy atom. The summed E-state index contributed by atoms with van der Waals surface area (Å²) in [6.45, 7) is 13.1. The smallest absolute Gasteiger partial charge is 0.00966 e. The first-order valence-electron chi connectivity index (χ1n) is 9.12. The predicted molar refractivity (Wildman–Crippen MR) is 88.9 cm³/mol. The monoisotopic (exact) mass is 279 g/mol. The summed E-state index contributed by atoms with van der Waals surface area (Å²) in [5.41, 5.74) is 0.274. The van der Waals surface area contributed by atoms with Gasteiger partial charge in [-0.25, -0.2) is 0 Å². The van der Waals surface area contributed by atoms with E-state index in [-0.39, 0.29) is 5.54 Å². The highest BCUT2D eigenvalue weighted by molar-refractivity contribution is 4.87. The van der Waals surface area contributed by atoms with Gasteiger partial charge in [0.1, 0.15) is 0 Å².